The number of para-hydroxylation sites is 1. The van der Waals surface area contributed by atoms with Crippen molar-refractivity contribution in [2.45, 2.75) is 131 Å². The molecule has 34 heavy (non-hydrogen) atoms. The van der Waals surface area contributed by atoms with Gasteiger partial charge in [-0.3, -0.25) is 4.79 Å². The van der Waals surface area contributed by atoms with E-state index in [4.69, 9.17) is 0 Å². The molecule has 3 rings (SSSR count). The standard InChI is InChI=1S/C14H19NOS.C7H14.C6H14.C4H10/c1-11(2)6-5-9-15-12-7-3-4-8-13(12)17-10-14(15)16;1-7-5-3-2-4-6-7;1-4-5-6(2)3;1-3-4-2/h3-4,7-8,11H,5-6,9-10H2,1-2H3;7H,2-6H2,1H3;6H,4-5H2,1-3H3;3-4H2,1-2H3. The monoisotopic (exact) mass is 491 g/mol. The summed E-state index contributed by atoms with van der Waals surface area (Å²) in [6.45, 7) is 18.8. The predicted octanol–water partition coefficient (Wildman–Crippen LogP) is 10.4. The Hall–Kier alpha value is -0.960. The van der Waals surface area contributed by atoms with E-state index < -0.39 is 0 Å². The third-order valence-electron chi connectivity index (χ3n) is 6.23. The van der Waals surface area contributed by atoms with E-state index in [2.05, 4.69) is 67.5 Å². The van der Waals surface area contributed by atoms with Crippen LogP contribution in [0.1, 0.15) is 126 Å². The molecule has 3 heteroatoms. The summed E-state index contributed by atoms with van der Waals surface area (Å²) >= 11 is 1.65. The number of fused-ring (bicyclic) bond motifs is 1. The third-order valence-corrected chi connectivity index (χ3v) is 7.28. The molecule has 0 bridgehead atoms. The lowest BCUT2D eigenvalue weighted by atomic mass is 9.91. The Labute approximate surface area is 218 Å². The number of amides is 1. The van der Waals surface area contributed by atoms with Crippen LogP contribution in [0.2, 0.25) is 0 Å². The Kier molecular flexibility index (Phi) is 20.7. The summed E-state index contributed by atoms with van der Waals surface area (Å²) < 4.78 is 0. The smallest absolute Gasteiger partial charge is 0.237 e. The Morgan fingerprint density at radius 1 is 0.882 bits per heavy atom. The van der Waals surface area contributed by atoms with Gasteiger partial charge in [0, 0.05) is 11.4 Å². The zero-order valence-electron chi connectivity index (χ0n) is 24.0. The van der Waals surface area contributed by atoms with Crippen molar-refractivity contribution in [3.05, 3.63) is 24.3 Å². The fourth-order valence-corrected chi connectivity index (χ4v) is 4.88. The molecule has 1 aromatic rings. The fourth-order valence-electron chi connectivity index (χ4n) is 3.94. The van der Waals surface area contributed by atoms with Crippen LogP contribution in [0.3, 0.4) is 0 Å². The lowest BCUT2D eigenvalue weighted by Gasteiger charge is -2.29. The number of nitrogens with zero attached hydrogens (tertiary/aromatic N) is 1. The van der Waals surface area contributed by atoms with Crippen molar-refractivity contribution < 1.29 is 4.79 Å². The molecule has 1 aliphatic heterocycles. The lowest BCUT2D eigenvalue weighted by Crippen LogP contribution is -2.36. The molecular weight excluding hydrogens is 434 g/mol. The summed E-state index contributed by atoms with van der Waals surface area (Å²) in [4.78, 5) is 15.1. The van der Waals surface area contributed by atoms with Crippen LogP contribution in [-0.2, 0) is 4.79 Å². The Morgan fingerprint density at radius 2 is 1.47 bits per heavy atom. The van der Waals surface area contributed by atoms with Gasteiger partial charge in [0.25, 0.3) is 0 Å². The molecule has 0 spiro atoms. The van der Waals surface area contributed by atoms with Crippen molar-refractivity contribution in [3.8, 4) is 0 Å². The van der Waals surface area contributed by atoms with E-state index in [1.165, 1.54) is 69.1 Å². The van der Waals surface area contributed by atoms with Gasteiger partial charge in [0.2, 0.25) is 5.91 Å². The van der Waals surface area contributed by atoms with Gasteiger partial charge in [-0.2, -0.15) is 0 Å². The first-order valence-electron chi connectivity index (χ1n) is 14.3. The summed E-state index contributed by atoms with van der Waals surface area (Å²) in [6, 6.07) is 8.19. The van der Waals surface area contributed by atoms with Gasteiger partial charge in [0.1, 0.15) is 0 Å². The third kappa shape index (κ3) is 16.6. The largest absolute Gasteiger partial charge is 0.311 e. The molecular formula is C31H57NOS. The van der Waals surface area contributed by atoms with E-state index in [-0.39, 0.29) is 5.91 Å². The zero-order chi connectivity index (χ0) is 25.8. The number of hydrogen-bond donors (Lipinski definition) is 0. The number of anilines is 1. The first-order chi connectivity index (χ1) is 16.3. The van der Waals surface area contributed by atoms with E-state index in [0.717, 1.165) is 30.5 Å². The number of unbranched alkanes of at least 4 members (excludes halogenated alkanes) is 1. The van der Waals surface area contributed by atoms with E-state index in [0.29, 0.717) is 11.7 Å². The molecule has 2 nitrogen and oxygen atoms in total. The van der Waals surface area contributed by atoms with Crippen molar-refractivity contribution in [2.24, 2.45) is 17.8 Å². The predicted molar refractivity (Wildman–Crippen MR) is 156 cm³/mol. The van der Waals surface area contributed by atoms with Gasteiger partial charge in [-0.1, -0.05) is 125 Å². The van der Waals surface area contributed by atoms with Crippen LogP contribution in [0.25, 0.3) is 0 Å². The van der Waals surface area contributed by atoms with Gasteiger partial charge in [-0.15, -0.1) is 11.8 Å². The number of benzene rings is 1. The van der Waals surface area contributed by atoms with Gasteiger partial charge >= 0.3 is 0 Å². The first kappa shape index (κ1) is 33.0. The van der Waals surface area contributed by atoms with Crippen molar-refractivity contribution in [1.29, 1.82) is 0 Å². The van der Waals surface area contributed by atoms with Crippen molar-refractivity contribution in [1.82, 2.24) is 0 Å². The molecule has 1 fully saturated rings. The molecule has 2 aliphatic rings. The molecule has 0 unspecified atom stereocenters. The Balaban J connectivity index is 0.000000527. The molecule has 1 aromatic carbocycles. The van der Waals surface area contributed by atoms with Gasteiger partial charge < -0.3 is 4.90 Å². The summed E-state index contributed by atoms with van der Waals surface area (Å²) in [5, 5.41) is 0. The van der Waals surface area contributed by atoms with Gasteiger partial charge in [-0.05, 0) is 42.7 Å². The van der Waals surface area contributed by atoms with Crippen LogP contribution in [0, 0.1) is 17.8 Å². The summed E-state index contributed by atoms with van der Waals surface area (Å²) in [5.41, 5.74) is 1.09. The van der Waals surface area contributed by atoms with Crippen molar-refractivity contribution in [2.75, 3.05) is 17.2 Å². The van der Waals surface area contributed by atoms with Gasteiger partial charge in [0.15, 0.2) is 0 Å². The van der Waals surface area contributed by atoms with Crippen LogP contribution in [0.15, 0.2) is 29.2 Å². The second-order valence-electron chi connectivity index (χ2n) is 10.8. The lowest BCUT2D eigenvalue weighted by molar-refractivity contribution is -0.116. The van der Waals surface area contributed by atoms with E-state index in [1.807, 2.05) is 17.0 Å². The van der Waals surface area contributed by atoms with Crippen molar-refractivity contribution in [3.63, 3.8) is 0 Å². The highest BCUT2D eigenvalue weighted by molar-refractivity contribution is 8.00. The first-order valence-corrected chi connectivity index (χ1v) is 15.3. The van der Waals surface area contributed by atoms with Crippen LogP contribution in [0.4, 0.5) is 5.69 Å². The average molecular weight is 492 g/mol. The molecule has 0 atom stereocenters. The number of carbonyl (C=O) groups excluding carboxylic acids is 1. The topological polar surface area (TPSA) is 20.3 Å². The highest BCUT2D eigenvalue weighted by atomic mass is 32.2. The normalized spacial score (nSPS) is 15.5. The minimum absolute atomic E-state index is 0.248. The molecule has 0 radical (unpaired) electrons. The van der Waals surface area contributed by atoms with Crippen LogP contribution in [-0.4, -0.2) is 18.2 Å². The second-order valence-corrected chi connectivity index (χ2v) is 11.8. The Bertz CT molecular complexity index is 605. The van der Waals surface area contributed by atoms with E-state index in [1.54, 1.807) is 11.8 Å². The van der Waals surface area contributed by atoms with Gasteiger partial charge in [0.05, 0.1) is 11.4 Å². The minimum atomic E-state index is 0.248. The Morgan fingerprint density at radius 3 is 1.91 bits per heavy atom. The zero-order valence-corrected chi connectivity index (χ0v) is 24.8. The van der Waals surface area contributed by atoms with E-state index in [9.17, 15) is 4.79 Å². The number of carbonyl (C=O) groups is 1. The van der Waals surface area contributed by atoms with E-state index >= 15 is 0 Å². The minimum Gasteiger partial charge on any atom is -0.311 e. The fraction of sp³-hybridized carbons (Fsp3) is 0.774. The molecule has 0 saturated heterocycles. The molecule has 1 heterocycles. The maximum absolute atomic E-state index is 11.9. The number of hydrogen-bond acceptors (Lipinski definition) is 2. The molecule has 1 aliphatic carbocycles. The quantitative estimate of drug-likeness (QED) is 0.378. The summed E-state index contributed by atoms with van der Waals surface area (Å²) in [6.07, 6.45) is 15.0. The summed E-state index contributed by atoms with van der Waals surface area (Å²) in [5.74, 6) is 3.47. The van der Waals surface area contributed by atoms with Crippen LogP contribution in [0.5, 0.6) is 0 Å². The highest BCUT2D eigenvalue weighted by Crippen LogP contribution is 2.35. The second kappa shape index (κ2) is 21.3. The molecule has 198 valence electrons. The maximum atomic E-state index is 11.9. The highest BCUT2D eigenvalue weighted by Gasteiger charge is 2.23. The molecule has 0 N–H and O–H groups in total. The maximum Gasteiger partial charge on any atom is 0.237 e. The molecule has 1 saturated carbocycles. The van der Waals surface area contributed by atoms with Crippen molar-refractivity contribution >= 4 is 23.4 Å². The summed E-state index contributed by atoms with van der Waals surface area (Å²) in [7, 11) is 0. The average Bonchev–Trinajstić information content (AvgIpc) is 2.82. The number of thioether (sulfide) groups is 1. The molecule has 1 amide bonds. The van der Waals surface area contributed by atoms with Gasteiger partial charge in [-0.25, -0.2) is 0 Å². The molecule has 0 aromatic heterocycles. The van der Waals surface area contributed by atoms with Crippen LogP contribution < -0.4 is 4.90 Å². The van der Waals surface area contributed by atoms with Crippen LogP contribution >= 0.6 is 11.8 Å². The SMILES string of the molecule is CC(C)CCCN1C(=O)CSc2ccccc21.CC1CCCCC1.CCCC.CCCC(C)C. The number of rotatable bonds is 7.